The maximum atomic E-state index is 14.7. The van der Waals surface area contributed by atoms with Gasteiger partial charge in [0, 0.05) is 24.4 Å². The second-order valence-electron chi connectivity index (χ2n) is 11.7. The minimum atomic E-state index is -0.722. The zero-order valence-electron chi connectivity index (χ0n) is 24.3. The molecule has 1 aromatic carbocycles. The summed E-state index contributed by atoms with van der Waals surface area (Å²) in [5.41, 5.74) is 1.54. The van der Waals surface area contributed by atoms with Gasteiger partial charge < -0.3 is 19.6 Å². The van der Waals surface area contributed by atoms with E-state index in [0.29, 0.717) is 32.2 Å². The summed E-state index contributed by atoms with van der Waals surface area (Å²) in [6, 6.07) is 6.86. The third kappa shape index (κ3) is 5.25. The van der Waals surface area contributed by atoms with Gasteiger partial charge in [-0.2, -0.15) is 0 Å². The highest BCUT2D eigenvalue weighted by atomic mass is 32.2. The lowest BCUT2D eigenvalue weighted by molar-refractivity contribution is -0.155. The van der Waals surface area contributed by atoms with Crippen LogP contribution in [-0.4, -0.2) is 89.5 Å². The number of aromatic nitrogens is 3. The Morgan fingerprint density at radius 2 is 1.98 bits per heavy atom. The number of aliphatic hydroxyl groups is 1. The number of carbonyl (C=O) groups excluding carboxylic acids is 3. The van der Waals surface area contributed by atoms with Crippen LogP contribution in [0.1, 0.15) is 51.9 Å². The summed E-state index contributed by atoms with van der Waals surface area (Å²) >= 11 is 1.64. The number of para-hydroxylation sites is 1. The third-order valence-electron chi connectivity index (χ3n) is 9.02. The molecule has 3 aliphatic heterocycles. The standard InChI is InChI=1S/C31H41N5O5S/c1-4-6-20-41-29(40)25-24-27(38)35(18-11-7-8-12-19-37)26(31(24)16-15-30(25,3)42-31)28(39)34(17-5-2)21-36-23-14-10-9-13-22(23)32-33-36/h4-5,9-10,13-14,24-26,37H,1-2,6-8,11-12,15-21H2,3H3/t24-,25-,26?,30+,31?/m0/s1. The lowest BCUT2D eigenvalue weighted by atomic mass is 9.66. The summed E-state index contributed by atoms with van der Waals surface area (Å²) < 4.78 is 6.14. The van der Waals surface area contributed by atoms with Gasteiger partial charge in [-0.05, 0) is 51.2 Å². The minimum Gasteiger partial charge on any atom is -0.465 e. The second kappa shape index (κ2) is 12.6. The van der Waals surface area contributed by atoms with Gasteiger partial charge in [0.05, 0.1) is 28.7 Å². The lowest BCUT2D eigenvalue weighted by Gasteiger charge is -2.37. The Bertz CT molecular complexity index is 1350. The summed E-state index contributed by atoms with van der Waals surface area (Å²) in [6.07, 6.45) is 8.42. The molecule has 3 saturated heterocycles. The van der Waals surface area contributed by atoms with E-state index >= 15 is 0 Å². The smallest absolute Gasteiger partial charge is 0.311 e. The average Bonchev–Trinajstić information content (AvgIpc) is 3.68. The maximum Gasteiger partial charge on any atom is 0.311 e. The molecule has 10 nitrogen and oxygen atoms in total. The van der Waals surface area contributed by atoms with Crippen molar-refractivity contribution in [2.24, 2.45) is 11.8 Å². The minimum absolute atomic E-state index is 0.132. The molecule has 0 aliphatic carbocycles. The molecule has 5 atom stereocenters. The summed E-state index contributed by atoms with van der Waals surface area (Å²) in [5, 5.41) is 17.7. The molecule has 2 unspecified atom stereocenters. The van der Waals surface area contributed by atoms with E-state index in [9.17, 15) is 19.5 Å². The van der Waals surface area contributed by atoms with E-state index in [0.717, 1.165) is 30.3 Å². The number of hydrogen-bond acceptors (Lipinski definition) is 8. The molecule has 3 fully saturated rings. The first-order chi connectivity index (χ1) is 20.3. The molecule has 11 heteroatoms. The molecule has 2 aromatic rings. The van der Waals surface area contributed by atoms with Gasteiger partial charge in [0.2, 0.25) is 11.8 Å². The molecule has 0 radical (unpaired) electrons. The van der Waals surface area contributed by atoms with E-state index in [1.54, 1.807) is 38.4 Å². The average molecular weight is 596 g/mol. The van der Waals surface area contributed by atoms with Crippen LogP contribution in [0.25, 0.3) is 11.0 Å². The maximum absolute atomic E-state index is 14.7. The lowest BCUT2D eigenvalue weighted by Crippen LogP contribution is -2.55. The largest absolute Gasteiger partial charge is 0.465 e. The Balaban J connectivity index is 1.48. The number of benzene rings is 1. The Morgan fingerprint density at radius 3 is 2.74 bits per heavy atom. The van der Waals surface area contributed by atoms with Gasteiger partial charge in [0.15, 0.2) is 0 Å². The van der Waals surface area contributed by atoms with Crippen LogP contribution in [0, 0.1) is 11.8 Å². The molecule has 4 heterocycles. The number of thioether (sulfide) groups is 1. The third-order valence-corrected chi connectivity index (χ3v) is 11.0. The van der Waals surface area contributed by atoms with Crippen LogP contribution in [0.5, 0.6) is 0 Å². The molecule has 2 bridgehead atoms. The molecule has 1 N–H and O–H groups in total. The zero-order valence-corrected chi connectivity index (χ0v) is 25.1. The quantitative estimate of drug-likeness (QED) is 0.189. The SMILES string of the molecule is C=CCCOC(=O)[C@@H]1[C@H]2C(=O)N(CCCCCCO)C(C(=O)N(CC=C)Cn3nnc4ccccc43)C23CC[C@@]1(C)S3. The molecule has 2 amide bonds. The predicted octanol–water partition coefficient (Wildman–Crippen LogP) is 3.56. The summed E-state index contributed by atoms with van der Waals surface area (Å²) in [5.74, 6) is -1.91. The van der Waals surface area contributed by atoms with Gasteiger partial charge in [0.1, 0.15) is 18.2 Å². The first kappa shape index (κ1) is 30.3. The number of amides is 2. The van der Waals surface area contributed by atoms with Crippen molar-refractivity contribution in [3.8, 4) is 0 Å². The Hall–Kier alpha value is -3.18. The van der Waals surface area contributed by atoms with E-state index in [-0.39, 0.29) is 44.2 Å². The second-order valence-corrected chi connectivity index (χ2v) is 13.6. The van der Waals surface area contributed by atoms with E-state index in [1.165, 1.54) is 0 Å². The van der Waals surface area contributed by atoms with Gasteiger partial charge in [-0.3, -0.25) is 14.4 Å². The fourth-order valence-corrected chi connectivity index (χ4v) is 9.45. The van der Waals surface area contributed by atoms with Crippen LogP contribution >= 0.6 is 11.8 Å². The topological polar surface area (TPSA) is 118 Å². The van der Waals surface area contributed by atoms with Crippen molar-refractivity contribution in [3.05, 3.63) is 49.6 Å². The number of hydrogen-bond donors (Lipinski definition) is 1. The van der Waals surface area contributed by atoms with Gasteiger partial charge >= 0.3 is 5.97 Å². The summed E-state index contributed by atoms with van der Waals surface area (Å²) in [6.45, 7) is 10.9. The van der Waals surface area contributed by atoms with Gasteiger partial charge in [0.25, 0.3) is 0 Å². The van der Waals surface area contributed by atoms with Crippen LogP contribution in [-0.2, 0) is 25.8 Å². The normalized spacial score (nSPS) is 27.8. The van der Waals surface area contributed by atoms with E-state index in [2.05, 4.69) is 23.5 Å². The molecule has 0 saturated carbocycles. The number of likely N-dealkylation sites (tertiary alicyclic amines) is 1. The number of unbranched alkanes of at least 4 members (excludes halogenated alkanes) is 3. The number of ether oxygens (including phenoxy) is 1. The van der Waals surface area contributed by atoms with Crippen molar-refractivity contribution in [1.29, 1.82) is 0 Å². The number of esters is 1. The predicted molar refractivity (Wildman–Crippen MR) is 161 cm³/mol. The molecular formula is C31H41N5O5S. The van der Waals surface area contributed by atoms with Crippen LogP contribution in [0.15, 0.2) is 49.6 Å². The van der Waals surface area contributed by atoms with E-state index in [1.807, 2.05) is 31.2 Å². The Labute approximate surface area is 251 Å². The molecular weight excluding hydrogens is 554 g/mol. The molecule has 1 spiro atoms. The first-order valence-corrected chi connectivity index (χ1v) is 15.7. The highest BCUT2D eigenvalue weighted by Gasteiger charge is 2.77. The molecule has 5 rings (SSSR count). The van der Waals surface area contributed by atoms with E-state index < -0.39 is 27.4 Å². The monoisotopic (exact) mass is 595 g/mol. The van der Waals surface area contributed by atoms with Crippen molar-refractivity contribution >= 4 is 40.6 Å². The van der Waals surface area contributed by atoms with Crippen LogP contribution < -0.4 is 0 Å². The zero-order chi connectivity index (χ0) is 29.9. The Morgan fingerprint density at radius 1 is 1.19 bits per heavy atom. The number of nitrogens with zero attached hydrogens (tertiary/aromatic N) is 5. The van der Waals surface area contributed by atoms with Crippen molar-refractivity contribution < 1.29 is 24.2 Å². The fourth-order valence-electron chi connectivity index (χ4n) is 7.11. The van der Waals surface area contributed by atoms with Crippen molar-refractivity contribution in [1.82, 2.24) is 24.8 Å². The number of rotatable bonds is 15. The number of aliphatic hydroxyl groups excluding tert-OH is 1. The van der Waals surface area contributed by atoms with E-state index in [4.69, 9.17) is 4.74 Å². The highest BCUT2D eigenvalue weighted by molar-refractivity contribution is 8.02. The summed E-state index contributed by atoms with van der Waals surface area (Å²) in [7, 11) is 0. The number of carbonyl (C=O) groups is 3. The number of fused-ring (bicyclic) bond motifs is 2. The van der Waals surface area contributed by atoms with Gasteiger partial charge in [-0.1, -0.05) is 42.3 Å². The molecule has 3 aliphatic rings. The van der Waals surface area contributed by atoms with Gasteiger partial charge in [-0.25, -0.2) is 4.68 Å². The Kier molecular flexibility index (Phi) is 9.08. The van der Waals surface area contributed by atoms with Crippen LogP contribution in [0.4, 0.5) is 0 Å². The molecule has 1 aromatic heterocycles. The summed E-state index contributed by atoms with van der Waals surface area (Å²) in [4.78, 5) is 45.9. The fraction of sp³-hybridized carbons (Fsp3) is 0.581. The van der Waals surface area contributed by atoms with Crippen LogP contribution in [0.3, 0.4) is 0 Å². The highest BCUT2D eigenvalue weighted by Crippen LogP contribution is 2.71. The molecule has 226 valence electrons. The van der Waals surface area contributed by atoms with Crippen molar-refractivity contribution in [2.45, 2.75) is 74.1 Å². The molecule has 42 heavy (non-hydrogen) atoms. The van der Waals surface area contributed by atoms with Crippen molar-refractivity contribution in [3.63, 3.8) is 0 Å². The van der Waals surface area contributed by atoms with Crippen LogP contribution in [0.2, 0.25) is 0 Å². The van der Waals surface area contributed by atoms with Gasteiger partial charge in [-0.15, -0.1) is 30.0 Å². The van der Waals surface area contributed by atoms with Crippen molar-refractivity contribution in [2.75, 3.05) is 26.3 Å². The first-order valence-electron chi connectivity index (χ1n) is 14.9.